The first-order valence-corrected chi connectivity index (χ1v) is 9.04. The van der Waals surface area contributed by atoms with Crippen LogP contribution in [0.15, 0.2) is 22.7 Å². The van der Waals surface area contributed by atoms with Gasteiger partial charge >= 0.3 is 0 Å². The molecule has 0 radical (unpaired) electrons. The molecule has 0 aromatic heterocycles. The molecule has 1 aromatic carbocycles. The Morgan fingerprint density at radius 1 is 1.29 bits per heavy atom. The van der Waals surface area contributed by atoms with Crippen LogP contribution in [0.25, 0.3) is 0 Å². The molecule has 0 aliphatic carbocycles. The summed E-state index contributed by atoms with van der Waals surface area (Å²) in [6, 6.07) is 7.52. The lowest BCUT2D eigenvalue weighted by molar-refractivity contribution is 0.491. The van der Waals surface area contributed by atoms with E-state index in [4.69, 9.17) is 0 Å². The number of nitrogens with one attached hydrogen (secondary N) is 1. The van der Waals surface area contributed by atoms with Crippen molar-refractivity contribution >= 4 is 21.6 Å². The largest absolute Gasteiger partial charge is 0.367 e. The molecule has 1 aliphatic heterocycles. The van der Waals surface area contributed by atoms with Crippen molar-refractivity contribution in [3.8, 4) is 0 Å². The van der Waals surface area contributed by atoms with Crippen molar-refractivity contribution < 1.29 is 0 Å². The van der Waals surface area contributed by atoms with Crippen LogP contribution in [0, 0.1) is 11.8 Å². The minimum atomic E-state index is 0.686. The van der Waals surface area contributed by atoms with Crippen molar-refractivity contribution in [2.45, 2.75) is 53.1 Å². The maximum atomic E-state index is 3.79. The van der Waals surface area contributed by atoms with Gasteiger partial charge in [-0.05, 0) is 64.8 Å². The van der Waals surface area contributed by atoms with Crippen LogP contribution < -0.4 is 10.2 Å². The Hall–Kier alpha value is -0.540. The number of benzene rings is 1. The quantitative estimate of drug-likeness (QED) is 0.789. The zero-order valence-electron chi connectivity index (χ0n) is 13.8. The summed E-state index contributed by atoms with van der Waals surface area (Å²) in [5.74, 6) is 1.41. The van der Waals surface area contributed by atoms with E-state index in [1.54, 1.807) is 0 Å². The molecule has 1 aromatic rings. The van der Waals surface area contributed by atoms with Gasteiger partial charge in [-0.25, -0.2) is 0 Å². The van der Waals surface area contributed by atoms with E-state index in [-0.39, 0.29) is 0 Å². The van der Waals surface area contributed by atoms with Gasteiger partial charge in [-0.15, -0.1) is 0 Å². The van der Waals surface area contributed by atoms with E-state index in [0.717, 1.165) is 13.1 Å². The predicted molar refractivity (Wildman–Crippen MR) is 95.9 cm³/mol. The first kappa shape index (κ1) is 16.8. The summed E-state index contributed by atoms with van der Waals surface area (Å²) in [7, 11) is 0. The van der Waals surface area contributed by atoms with Crippen molar-refractivity contribution in [2.24, 2.45) is 11.8 Å². The van der Waals surface area contributed by atoms with Gasteiger partial charge in [-0.1, -0.05) is 33.8 Å². The van der Waals surface area contributed by atoms with Crippen LogP contribution >= 0.6 is 15.9 Å². The van der Waals surface area contributed by atoms with E-state index in [0.29, 0.717) is 17.9 Å². The van der Waals surface area contributed by atoms with E-state index in [1.807, 2.05) is 0 Å². The molecule has 0 bridgehead atoms. The standard InChI is InChI=1S/C18H29BrN2/c1-13(2)11-20-12-15-7-8-18(16(19)10-15)21-9-5-6-17(21)14(3)4/h7-8,10,13-14,17,20H,5-6,9,11-12H2,1-4H3. The molecule has 0 spiro atoms. The molecule has 2 rings (SSSR count). The van der Waals surface area contributed by atoms with Crippen LogP contribution in [-0.2, 0) is 6.54 Å². The molecule has 118 valence electrons. The van der Waals surface area contributed by atoms with Crippen LogP contribution in [-0.4, -0.2) is 19.1 Å². The number of hydrogen-bond acceptors (Lipinski definition) is 2. The van der Waals surface area contributed by atoms with Crippen molar-refractivity contribution in [1.29, 1.82) is 0 Å². The maximum absolute atomic E-state index is 3.79. The van der Waals surface area contributed by atoms with E-state index in [1.165, 1.54) is 35.1 Å². The van der Waals surface area contributed by atoms with Crippen molar-refractivity contribution in [1.82, 2.24) is 5.32 Å². The Kier molecular flexibility index (Phi) is 6.12. The smallest absolute Gasteiger partial charge is 0.0513 e. The highest BCUT2D eigenvalue weighted by Crippen LogP contribution is 2.35. The highest BCUT2D eigenvalue weighted by Gasteiger charge is 2.28. The predicted octanol–water partition coefficient (Wildman–Crippen LogP) is 4.82. The van der Waals surface area contributed by atoms with Crippen molar-refractivity contribution in [2.75, 3.05) is 18.0 Å². The summed E-state index contributed by atoms with van der Waals surface area (Å²) in [6.45, 7) is 12.4. The Morgan fingerprint density at radius 3 is 2.67 bits per heavy atom. The fraction of sp³-hybridized carbons (Fsp3) is 0.667. The molecule has 0 amide bonds. The highest BCUT2D eigenvalue weighted by molar-refractivity contribution is 9.10. The van der Waals surface area contributed by atoms with Gasteiger partial charge in [0.05, 0.1) is 5.69 Å². The molecule has 3 heteroatoms. The van der Waals surface area contributed by atoms with E-state index in [9.17, 15) is 0 Å². The molecule has 1 N–H and O–H groups in total. The van der Waals surface area contributed by atoms with E-state index in [2.05, 4.69) is 72.0 Å². The van der Waals surface area contributed by atoms with Crippen LogP contribution in [0.5, 0.6) is 0 Å². The molecule has 0 saturated carbocycles. The van der Waals surface area contributed by atoms with Crippen LogP contribution in [0.1, 0.15) is 46.1 Å². The molecule has 1 unspecified atom stereocenters. The summed E-state index contributed by atoms with van der Waals surface area (Å²) < 4.78 is 1.24. The molecule has 21 heavy (non-hydrogen) atoms. The topological polar surface area (TPSA) is 15.3 Å². The summed E-state index contributed by atoms with van der Waals surface area (Å²) in [4.78, 5) is 2.58. The third-order valence-corrected chi connectivity index (χ3v) is 4.91. The summed E-state index contributed by atoms with van der Waals surface area (Å²) in [5, 5.41) is 3.51. The average Bonchev–Trinajstić information content (AvgIpc) is 2.87. The van der Waals surface area contributed by atoms with Gasteiger partial charge in [0.1, 0.15) is 0 Å². The Bertz CT molecular complexity index is 457. The van der Waals surface area contributed by atoms with E-state index < -0.39 is 0 Å². The van der Waals surface area contributed by atoms with Gasteiger partial charge in [0.25, 0.3) is 0 Å². The van der Waals surface area contributed by atoms with Gasteiger partial charge in [-0.2, -0.15) is 0 Å². The fourth-order valence-electron chi connectivity index (χ4n) is 3.18. The zero-order valence-corrected chi connectivity index (χ0v) is 15.4. The first-order valence-electron chi connectivity index (χ1n) is 8.24. The van der Waals surface area contributed by atoms with Gasteiger partial charge in [-0.3, -0.25) is 0 Å². The molecule has 1 fully saturated rings. The molecule has 1 atom stereocenters. The van der Waals surface area contributed by atoms with Crippen molar-refractivity contribution in [3.63, 3.8) is 0 Å². The Morgan fingerprint density at radius 2 is 2.05 bits per heavy atom. The lowest BCUT2D eigenvalue weighted by Crippen LogP contribution is -2.33. The minimum absolute atomic E-state index is 0.686. The molecule has 1 saturated heterocycles. The van der Waals surface area contributed by atoms with Crippen LogP contribution in [0.4, 0.5) is 5.69 Å². The minimum Gasteiger partial charge on any atom is -0.367 e. The molecule has 2 nitrogen and oxygen atoms in total. The maximum Gasteiger partial charge on any atom is 0.0513 e. The second kappa shape index (κ2) is 7.64. The third-order valence-electron chi connectivity index (χ3n) is 4.27. The van der Waals surface area contributed by atoms with Gasteiger partial charge in [0.2, 0.25) is 0 Å². The second-order valence-electron chi connectivity index (χ2n) is 6.96. The van der Waals surface area contributed by atoms with Crippen LogP contribution in [0.3, 0.4) is 0 Å². The molecule has 1 heterocycles. The lowest BCUT2D eigenvalue weighted by Gasteiger charge is -2.30. The summed E-state index contributed by atoms with van der Waals surface area (Å²) in [6.07, 6.45) is 2.63. The SMILES string of the molecule is CC(C)CNCc1ccc(N2CCCC2C(C)C)c(Br)c1. The second-order valence-corrected chi connectivity index (χ2v) is 7.81. The van der Waals surface area contributed by atoms with Gasteiger partial charge in [0, 0.05) is 23.6 Å². The molecular weight excluding hydrogens is 324 g/mol. The number of anilines is 1. The summed E-state index contributed by atoms with van der Waals surface area (Å²) in [5.41, 5.74) is 2.71. The van der Waals surface area contributed by atoms with Crippen molar-refractivity contribution in [3.05, 3.63) is 28.2 Å². The number of halogens is 1. The zero-order chi connectivity index (χ0) is 15.4. The Balaban J connectivity index is 2.05. The number of hydrogen-bond donors (Lipinski definition) is 1. The van der Waals surface area contributed by atoms with Crippen LogP contribution in [0.2, 0.25) is 0 Å². The normalized spacial score (nSPS) is 19.0. The molecular formula is C18H29BrN2. The summed E-state index contributed by atoms with van der Waals surface area (Å²) >= 11 is 3.79. The third kappa shape index (κ3) is 4.46. The highest BCUT2D eigenvalue weighted by atomic mass is 79.9. The monoisotopic (exact) mass is 352 g/mol. The lowest BCUT2D eigenvalue weighted by atomic mass is 10.0. The fourth-order valence-corrected chi connectivity index (χ4v) is 3.84. The average molecular weight is 353 g/mol. The molecule has 1 aliphatic rings. The Labute approximate surface area is 138 Å². The number of rotatable bonds is 6. The van der Waals surface area contributed by atoms with Gasteiger partial charge in [0.15, 0.2) is 0 Å². The number of nitrogens with zero attached hydrogens (tertiary/aromatic N) is 1. The van der Waals surface area contributed by atoms with E-state index >= 15 is 0 Å². The first-order chi connectivity index (χ1) is 9.99. The van der Waals surface area contributed by atoms with Gasteiger partial charge < -0.3 is 10.2 Å².